The quantitative estimate of drug-likeness (QED) is 0.240. The van der Waals surface area contributed by atoms with E-state index < -0.39 is 0 Å². The smallest absolute Gasteiger partial charge is 0.237 e. The van der Waals surface area contributed by atoms with Crippen LogP contribution in [0, 0.1) is 5.92 Å². The summed E-state index contributed by atoms with van der Waals surface area (Å²) in [4.78, 5) is 26.2. The maximum absolute atomic E-state index is 12.6. The molecule has 3 heteroatoms. The lowest BCUT2D eigenvalue weighted by molar-refractivity contribution is -0.122. The lowest BCUT2D eigenvalue weighted by Crippen LogP contribution is -2.30. The van der Waals surface area contributed by atoms with Gasteiger partial charge in [-0.15, -0.1) is 0 Å². The molecule has 1 aromatic rings. The van der Waals surface area contributed by atoms with Crippen molar-refractivity contribution in [3.63, 3.8) is 0 Å². The number of anilines is 1. The second-order valence-corrected chi connectivity index (χ2v) is 8.34. The molecule has 1 atom stereocenters. The van der Waals surface area contributed by atoms with Crippen LogP contribution in [0.25, 0.3) is 0 Å². The minimum Gasteiger partial charge on any atom is -0.274 e. The third-order valence-electron chi connectivity index (χ3n) is 5.91. The summed E-state index contributed by atoms with van der Waals surface area (Å²) in [7, 11) is 0. The predicted octanol–water partition coefficient (Wildman–Crippen LogP) is 7.05. The standard InChI is InChI=1S/C25H39NO2/c1-2-3-4-5-6-7-8-9-10-11-12-13-15-18-22-21-24(27)26(25(22)28)23-19-16-14-17-20-23/h14,16-17,19-20,22H,2-13,15,18,21H2,1H3. The van der Waals surface area contributed by atoms with E-state index in [9.17, 15) is 9.59 Å². The Kier molecular flexibility index (Phi) is 10.9. The van der Waals surface area contributed by atoms with E-state index in [4.69, 9.17) is 0 Å². The SMILES string of the molecule is CCCCCCCCCCCCCCCC1CC(=O)N(c2ccccc2)C1=O. The van der Waals surface area contributed by atoms with E-state index in [1.165, 1.54) is 81.9 Å². The van der Waals surface area contributed by atoms with Crippen molar-refractivity contribution in [2.24, 2.45) is 5.92 Å². The van der Waals surface area contributed by atoms with Gasteiger partial charge in [0, 0.05) is 12.3 Å². The van der Waals surface area contributed by atoms with E-state index >= 15 is 0 Å². The molecule has 1 aromatic carbocycles. The Labute approximate surface area is 171 Å². The maximum Gasteiger partial charge on any atom is 0.237 e. The zero-order valence-electron chi connectivity index (χ0n) is 17.8. The van der Waals surface area contributed by atoms with Gasteiger partial charge in [-0.1, -0.05) is 109 Å². The summed E-state index contributed by atoms with van der Waals surface area (Å²) in [5, 5.41) is 0. The largest absolute Gasteiger partial charge is 0.274 e. The first kappa shape index (κ1) is 22.6. The topological polar surface area (TPSA) is 37.4 Å². The number of rotatable bonds is 15. The monoisotopic (exact) mass is 385 g/mol. The highest BCUT2D eigenvalue weighted by molar-refractivity contribution is 6.20. The van der Waals surface area contributed by atoms with Crippen molar-refractivity contribution in [3.8, 4) is 0 Å². The molecule has 1 aliphatic heterocycles. The molecule has 1 heterocycles. The number of imide groups is 1. The molecule has 0 spiro atoms. The van der Waals surface area contributed by atoms with Gasteiger partial charge in [-0.05, 0) is 18.6 Å². The van der Waals surface area contributed by atoms with Crippen LogP contribution in [0.2, 0.25) is 0 Å². The molecule has 1 unspecified atom stereocenters. The number of hydrogen-bond donors (Lipinski definition) is 0. The van der Waals surface area contributed by atoms with Crippen LogP contribution in [-0.4, -0.2) is 11.8 Å². The maximum atomic E-state index is 12.6. The average Bonchev–Trinajstić information content (AvgIpc) is 2.99. The van der Waals surface area contributed by atoms with Crippen molar-refractivity contribution < 1.29 is 9.59 Å². The van der Waals surface area contributed by atoms with E-state index in [0.29, 0.717) is 12.1 Å². The molecule has 0 N–H and O–H groups in total. The molecule has 1 saturated heterocycles. The van der Waals surface area contributed by atoms with Gasteiger partial charge in [0.25, 0.3) is 0 Å². The zero-order chi connectivity index (χ0) is 20.0. The van der Waals surface area contributed by atoms with Crippen LogP contribution in [0.4, 0.5) is 5.69 Å². The van der Waals surface area contributed by atoms with Gasteiger partial charge in [-0.2, -0.15) is 0 Å². The third-order valence-corrected chi connectivity index (χ3v) is 5.91. The van der Waals surface area contributed by atoms with E-state index in [-0.39, 0.29) is 17.7 Å². The van der Waals surface area contributed by atoms with Crippen LogP contribution in [0.1, 0.15) is 103 Å². The number of carbonyl (C=O) groups is 2. The average molecular weight is 386 g/mol. The van der Waals surface area contributed by atoms with Gasteiger partial charge in [0.2, 0.25) is 11.8 Å². The number of unbranched alkanes of at least 4 members (excludes halogenated alkanes) is 12. The van der Waals surface area contributed by atoms with Crippen molar-refractivity contribution in [3.05, 3.63) is 30.3 Å². The fourth-order valence-corrected chi connectivity index (χ4v) is 4.18. The minimum absolute atomic E-state index is 0.00450. The van der Waals surface area contributed by atoms with Crippen LogP contribution < -0.4 is 4.90 Å². The van der Waals surface area contributed by atoms with Gasteiger partial charge < -0.3 is 0 Å². The number of benzene rings is 1. The number of hydrogen-bond acceptors (Lipinski definition) is 2. The molecule has 0 radical (unpaired) electrons. The Morgan fingerprint density at radius 1 is 0.750 bits per heavy atom. The summed E-state index contributed by atoms with van der Waals surface area (Å²) in [5.74, 6) is -0.161. The molecule has 2 rings (SSSR count). The van der Waals surface area contributed by atoms with Crippen molar-refractivity contribution in [1.29, 1.82) is 0 Å². The summed E-state index contributed by atoms with van der Waals surface area (Å²) in [6, 6.07) is 9.32. The molecular weight excluding hydrogens is 346 g/mol. The summed E-state index contributed by atoms with van der Waals surface area (Å²) in [5.41, 5.74) is 0.713. The fraction of sp³-hybridized carbons (Fsp3) is 0.680. The van der Waals surface area contributed by atoms with Crippen molar-refractivity contribution in [2.45, 2.75) is 103 Å². The second kappa shape index (κ2) is 13.5. The van der Waals surface area contributed by atoms with Gasteiger partial charge in [0.1, 0.15) is 0 Å². The molecule has 156 valence electrons. The van der Waals surface area contributed by atoms with Crippen molar-refractivity contribution in [1.82, 2.24) is 0 Å². The molecule has 0 aliphatic carbocycles. The van der Waals surface area contributed by atoms with E-state index in [0.717, 1.165) is 12.8 Å². The molecule has 0 saturated carbocycles. The van der Waals surface area contributed by atoms with Crippen LogP contribution in [0.15, 0.2) is 30.3 Å². The van der Waals surface area contributed by atoms with Crippen LogP contribution >= 0.6 is 0 Å². The van der Waals surface area contributed by atoms with E-state index in [1.807, 2.05) is 30.3 Å². The van der Waals surface area contributed by atoms with Crippen LogP contribution in [0.3, 0.4) is 0 Å². The molecule has 2 amide bonds. The second-order valence-electron chi connectivity index (χ2n) is 8.34. The van der Waals surface area contributed by atoms with Crippen molar-refractivity contribution >= 4 is 17.5 Å². The lowest BCUT2D eigenvalue weighted by atomic mass is 9.98. The number of amides is 2. The Bertz CT molecular complexity index is 569. The Morgan fingerprint density at radius 3 is 1.79 bits per heavy atom. The van der Waals surface area contributed by atoms with Gasteiger partial charge in [-0.25, -0.2) is 0 Å². The predicted molar refractivity (Wildman–Crippen MR) is 117 cm³/mol. The Balaban J connectivity index is 1.48. The Hall–Kier alpha value is -1.64. The van der Waals surface area contributed by atoms with Crippen molar-refractivity contribution in [2.75, 3.05) is 4.90 Å². The molecule has 1 fully saturated rings. The normalized spacial score (nSPS) is 16.9. The summed E-state index contributed by atoms with van der Waals surface area (Å²) < 4.78 is 0. The summed E-state index contributed by atoms with van der Waals surface area (Å²) in [6.07, 6.45) is 18.5. The summed E-state index contributed by atoms with van der Waals surface area (Å²) >= 11 is 0. The number of para-hydroxylation sites is 1. The molecular formula is C25H39NO2. The van der Waals surface area contributed by atoms with Gasteiger partial charge in [0.15, 0.2) is 0 Å². The highest BCUT2D eigenvalue weighted by Gasteiger charge is 2.38. The molecule has 0 bridgehead atoms. The lowest BCUT2D eigenvalue weighted by Gasteiger charge is -2.14. The third kappa shape index (κ3) is 7.77. The molecule has 0 aromatic heterocycles. The first-order valence-corrected chi connectivity index (χ1v) is 11.7. The molecule has 1 aliphatic rings. The van der Waals surface area contributed by atoms with Gasteiger partial charge >= 0.3 is 0 Å². The van der Waals surface area contributed by atoms with E-state index in [2.05, 4.69) is 6.92 Å². The van der Waals surface area contributed by atoms with E-state index in [1.54, 1.807) is 0 Å². The molecule has 3 nitrogen and oxygen atoms in total. The highest BCUT2D eigenvalue weighted by atomic mass is 16.2. The van der Waals surface area contributed by atoms with Gasteiger partial charge in [0.05, 0.1) is 5.69 Å². The molecule has 28 heavy (non-hydrogen) atoms. The number of carbonyl (C=O) groups excluding carboxylic acids is 2. The van der Waals surface area contributed by atoms with Crippen LogP contribution in [0.5, 0.6) is 0 Å². The minimum atomic E-state index is -0.111. The van der Waals surface area contributed by atoms with Gasteiger partial charge in [-0.3, -0.25) is 14.5 Å². The first-order valence-electron chi connectivity index (χ1n) is 11.7. The number of nitrogens with zero attached hydrogens (tertiary/aromatic N) is 1. The van der Waals surface area contributed by atoms with Crippen LogP contribution in [-0.2, 0) is 9.59 Å². The Morgan fingerprint density at radius 2 is 1.25 bits per heavy atom. The fourth-order valence-electron chi connectivity index (χ4n) is 4.18. The first-order chi connectivity index (χ1) is 13.7. The zero-order valence-corrected chi connectivity index (χ0v) is 17.8. The highest BCUT2D eigenvalue weighted by Crippen LogP contribution is 2.29. The summed E-state index contributed by atoms with van der Waals surface area (Å²) in [6.45, 7) is 2.27.